The number of nitrogens with zero attached hydrogens (tertiary/aromatic N) is 4. The Morgan fingerprint density at radius 3 is 2.67 bits per heavy atom. The molecule has 0 atom stereocenters. The van der Waals surface area contributed by atoms with Crippen molar-refractivity contribution in [1.29, 1.82) is 0 Å². The Morgan fingerprint density at radius 2 is 2.07 bits per heavy atom. The lowest BCUT2D eigenvalue weighted by molar-refractivity contribution is -0.432. The van der Waals surface area contributed by atoms with Gasteiger partial charge >= 0.3 is 0 Å². The van der Waals surface area contributed by atoms with Gasteiger partial charge < -0.3 is 0 Å². The van der Waals surface area contributed by atoms with Gasteiger partial charge in [0.2, 0.25) is 0 Å². The van der Waals surface area contributed by atoms with Crippen molar-refractivity contribution >= 4 is 12.0 Å². The minimum absolute atomic E-state index is 0.418. The van der Waals surface area contributed by atoms with E-state index in [2.05, 4.69) is 34.5 Å². The number of hydrogen-bond acceptors (Lipinski definition) is 8. The largest absolute Gasteiger partial charge is 0.257 e. The Balaban J connectivity index is 2.11. The summed E-state index contributed by atoms with van der Waals surface area (Å²) in [5.74, 6) is 0.896. The molecule has 0 radical (unpaired) electrons. The van der Waals surface area contributed by atoms with Gasteiger partial charge in [0.05, 0.1) is 16.9 Å². The second kappa shape index (κ2) is 4.79. The van der Waals surface area contributed by atoms with Crippen LogP contribution in [0.5, 0.6) is 0 Å². The highest BCUT2D eigenvalue weighted by Crippen LogP contribution is 2.17. The van der Waals surface area contributed by atoms with Crippen LogP contribution in [-0.2, 0) is 9.37 Å². The molecule has 0 saturated carbocycles. The fourth-order valence-electron chi connectivity index (χ4n) is 0.849. The molecular weight excluding hydrogens is 222 g/mol. The molecule has 0 amide bonds. The minimum atomic E-state index is 0.418. The quantitative estimate of drug-likeness (QED) is 0.446. The van der Waals surface area contributed by atoms with Crippen molar-refractivity contribution in [3.63, 3.8) is 0 Å². The molecule has 0 spiro atoms. The van der Waals surface area contributed by atoms with Crippen LogP contribution in [0.2, 0.25) is 0 Å². The summed E-state index contributed by atoms with van der Waals surface area (Å²) in [5, 5.41) is 17.7. The standard InChI is InChI=1S/C6H5N5O3S/c12-13-14-15-4-1-7-5(8-2-4)6-9-3-10-11-6/h1-3,12H,(H,9,10,11). The number of aromatic nitrogens is 5. The molecule has 0 aliphatic rings. The van der Waals surface area contributed by atoms with Crippen molar-refractivity contribution < 1.29 is 14.6 Å². The van der Waals surface area contributed by atoms with Gasteiger partial charge in [0.25, 0.3) is 0 Å². The predicted octanol–water partition coefficient (Wildman–Crippen LogP) is 0.690. The Hall–Kier alpha value is -1.55. The first-order chi connectivity index (χ1) is 7.40. The average molecular weight is 227 g/mol. The number of aromatic amines is 1. The van der Waals surface area contributed by atoms with E-state index < -0.39 is 0 Å². The van der Waals surface area contributed by atoms with E-state index in [1.165, 1.54) is 18.7 Å². The van der Waals surface area contributed by atoms with Crippen molar-refractivity contribution in [2.75, 3.05) is 0 Å². The molecule has 15 heavy (non-hydrogen) atoms. The van der Waals surface area contributed by atoms with Crippen LogP contribution < -0.4 is 0 Å². The summed E-state index contributed by atoms with van der Waals surface area (Å²) in [6, 6.07) is 0. The van der Waals surface area contributed by atoms with Crippen LogP contribution in [0, 0.1) is 0 Å². The van der Waals surface area contributed by atoms with Gasteiger partial charge in [-0.25, -0.2) is 20.2 Å². The normalized spacial score (nSPS) is 10.5. The summed E-state index contributed by atoms with van der Waals surface area (Å²) in [6.45, 7) is 0. The van der Waals surface area contributed by atoms with Crippen molar-refractivity contribution in [2.24, 2.45) is 0 Å². The van der Waals surface area contributed by atoms with E-state index in [9.17, 15) is 0 Å². The maximum absolute atomic E-state index is 7.93. The fraction of sp³-hybridized carbons (Fsp3) is 0. The van der Waals surface area contributed by atoms with Crippen molar-refractivity contribution in [1.82, 2.24) is 25.1 Å². The second-order valence-corrected chi connectivity index (χ2v) is 3.08. The Kier molecular flexibility index (Phi) is 3.19. The molecule has 0 unspecified atom stereocenters. The van der Waals surface area contributed by atoms with Crippen LogP contribution in [0.15, 0.2) is 23.6 Å². The Morgan fingerprint density at radius 1 is 1.27 bits per heavy atom. The third kappa shape index (κ3) is 2.47. The lowest BCUT2D eigenvalue weighted by Crippen LogP contribution is -1.91. The number of H-pyrrole nitrogens is 1. The maximum Gasteiger partial charge on any atom is 0.197 e. The highest BCUT2D eigenvalue weighted by molar-refractivity contribution is 7.94. The molecule has 78 valence electrons. The molecule has 2 N–H and O–H groups in total. The summed E-state index contributed by atoms with van der Waals surface area (Å²) >= 11 is 0.783. The van der Waals surface area contributed by atoms with E-state index in [1.807, 2.05) is 0 Å². The van der Waals surface area contributed by atoms with Gasteiger partial charge in [-0.15, -0.1) is 4.33 Å². The maximum atomic E-state index is 7.93. The Labute approximate surface area is 87.8 Å². The summed E-state index contributed by atoms with van der Waals surface area (Å²) < 4.78 is 4.21. The van der Waals surface area contributed by atoms with Crippen LogP contribution >= 0.6 is 12.0 Å². The van der Waals surface area contributed by atoms with Crippen LogP contribution in [0.3, 0.4) is 0 Å². The van der Waals surface area contributed by atoms with E-state index in [0.29, 0.717) is 16.5 Å². The SMILES string of the molecule is OOOSc1cnc(-c2ncn[nH]2)nc1. The third-order valence-electron chi connectivity index (χ3n) is 1.42. The molecule has 8 nitrogen and oxygen atoms in total. The van der Waals surface area contributed by atoms with E-state index in [1.54, 1.807) is 0 Å². The molecule has 0 aliphatic heterocycles. The van der Waals surface area contributed by atoms with Gasteiger partial charge in [-0.2, -0.15) is 5.10 Å². The topological polar surface area (TPSA) is 106 Å². The van der Waals surface area contributed by atoms with Crippen LogP contribution in [0.4, 0.5) is 0 Å². The van der Waals surface area contributed by atoms with Gasteiger partial charge in [-0.1, -0.05) is 5.04 Å². The monoisotopic (exact) mass is 227 g/mol. The van der Waals surface area contributed by atoms with Gasteiger partial charge in [-0.05, 0) is 0 Å². The number of hydrogen-bond donors (Lipinski definition) is 2. The van der Waals surface area contributed by atoms with E-state index in [-0.39, 0.29) is 0 Å². The molecule has 2 aromatic rings. The van der Waals surface area contributed by atoms with Crippen LogP contribution in [-0.4, -0.2) is 30.4 Å². The van der Waals surface area contributed by atoms with E-state index >= 15 is 0 Å². The summed E-state index contributed by atoms with van der Waals surface area (Å²) in [5.41, 5.74) is 0. The number of rotatable bonds is 4. The fourth-order valence-corrected chi connectivity index (χ4v) is 1.15. The molecule has 0 saturated heterocycles. The van der Waals surface area contributed by atoms with Crippen LogP contribution in [0.1, 0.15) is 0 Å². The highest BCUT2D eigenvalue weighted by Gasteiger charge is 2.04. The van der Waals surface area contributed by atoms with Gasteiger partial charge in [0.1, 0.15) is 6.33 Å². The first-order valence-electron chi connectivity index (χ1n) is 3.72. The summed E-state index contributed by atoms with van der Waals surface area (Å²) in [6.07, 6.45) is 4.35. The zero-order chi connectivity index (χ0) is 10.5. The molecule has 0 bridgehead atoms. The van der Waals surface area contributed by atoms with Gasteiger partial charge in [0, 0.05) is 12.4 Å². The zero-order valence-electron chi connectivity index (χ0n) is 7.19. The minimum Gasteiger partial charge on any atom is -0.257 e. The summed E-state index contributed by atoms with van der Waals surface area (Å²) in [7, 11) is 0. The van der Waals surface area contributed by atoms with Gasteiger partial charge in [-0.3, -0.25) is 5.10 Å². The van der Waals surface area contributed by atoms with Crippen molar-refractivity contribution in [3.05, 3.63) is 18.7 Å². The molecule has 2 aromatic heterocycles. The molecule has 2 rings (SSSR count). The van der Waals surface area contributed by atoms with Crippen molar-refractivity contribution in [2.45, 2.75) is 4.90 Å². The third-order valence-corrected chi connectivity index (χ3v) is 1.95. The molecule has 9 heteroatoms. The lowest BCUT2D eigenvalue weighted by atomic mass is 10.5. The zero-order valence-corrected chi connectivity index (χ0v) is 8.01. The highest BCUT2D eigenvalue weighted by atomic mass is 32.2. The molecular formula is C6H5N5O3S. The van der Waals surface area contributed by atoms with Crippen molar-refractivity contribution in [3.8, 4) is 11.6 Å². The first-order valence-corrected chi connectivity index (χ1v) is 4.47. The molecule has 0 aliphatic carbocycles. The first kappa shape index (κ1) is 9.98. The summed E-state index contributed by atoms with van der Waals surface area (Å²) in [4.78, 5) is 12.4. The molecule has 0 fully saturated rings. The van der Waals surface area contributed by atoms with E-state index in [4.69, 9.17) is 5.26 Å². The second-order valence-electron chi connectivity index (χ2n) is 2.30. The smallest absolute Gasteiger partial charge is 0.197 e. The van der Waals surface area contributed by atoms with Gasteiger partial charge in [0.15, 0.2) is 11.6 Å². The molecule has 0 aromatic carbocycles. The number of nitrogens with one attached hydrogen (secondary N) is 1. The lowest BCUT2D eigenvalue weighted by Gasteiger charge is -1.97. The van der Waals surface area contributed by atoms with E-state index in [0.717, 1.165) is 12.0 Å². The Bertz CT molecular complexity index is 405. The van der Waals surface area contributed by atoms with Crippen LogP contribution in [0.25, 0.3) is 11.6 Å². The predicted molar refractivity (Wildman–Crippen MR) is 48.1 cm³/mol. The average Bonchev–Trinajstić information content (AvgIpc) is 2.80. The molecule has 2 heterocycles.